The van der Waals surface area contributed by atoms with Crippen molar-refractivity contribution < 1.29 is 23.0 Å². The van der Waals surface area contributed by atoms with Crippen LogP contribution in [0.3, 0.4) is 0 Å². The number of para-hydroxylation sites is 1. The zero-order valence-corrected chi connectivity index (χ0v) is 13.1. The van der Waals surface area contributed by atoms with Crippen LogP contribution in [0.25, 0.3) is 0 Å². The Hall–Kier alpha value is -1.27. The minimum absolute atomic E-state index is 0.114. The van der Waals surface area contributed by atoms with Crippen LogP contribution in [0.4, 0.5) is 13.2 Å². The number of ether oxygens (including phenoxy) is 1. The summed E-state index contributed by atoms with van der Waals surface area (Å²) in [7, 11) is 0. The van der Waals surface area contributed by atoms with Crippen molar-refractivity contribution in [2.45, 2.75) is 56.5 Å². The number of benzene rings is 1. The van der Waals surface area contributed by atoms with E-state index in [-0.39, 0.29) is 12.4 Å². The van der Waals surface area contributed by atoms with Gasteiger partial charge in [0.15, 0.2) is 0 Å². The highest BCUT2D eigenvalue weighted by Gasteiger charge is 2.45. The van der Waals surface area contributed by atoms with Crippen LogP contribution in [0.2, 0.25) is 0 Å². The van der Waals surface area contributed by atoms with Gasteiger partial charge in [-0.3, -0.25) is 4.90 Å². The van der Waals surface area contributed by atoms with E-state index in [1.807, 2.05) is 6.92 Å². The predicted molar refractivity (Wildman–Crippen MR) is 80.3 cm³/mol. The average Bonchev–Trinajstić information content (AvgIpc) is 2.71. The third kappa shape index (κ3) is 3.63. The van der Waals surface area contributed by atoms with Crippen LogP contribution in [0.15, 0.2) is 24.3 Å². The monoisotopic (exact) mass is 329 g/mol. The molecule has 0 aliphatic carbocycles. The molecular formula is C17H22F3NO2. The van der Waals surface area contributed by atoms with Crippen molar-refractivity contribution in [3.05, 3.63) is 29.8 Å². The maximum atomic E-state index is 12.9. The molecule has 2 saturated heterocycles. The highest BCUT2D eigenvalue weighted by atomic mass is 19.4. The number of aliphatic hydroxyl groups is 1. The van der Waals surface area contributed by atoms with E-state index in [2.05, 4.69) is 4.90 Å². The van der Waals surface area contributed by atoms with E-state index in [0.717, 1.165) is 31.7 Å². The van der Waals surface area contributed by atoms with Gasteiger partial charge in [0.2, 0.25) is 0 Å². The van der Waals surface area contributed by atoms with Crippen LogP contribution in [-0.4, -0.2) is 40.8 Å². The highest BCUT2D eigenvalue weighted by molar-refractivity contribution is 5.35. The van der Waals surface area contributed by atoms with Gasteiger partial charge in [0.1, 0.15) is 12.4 Å². The first-order valence-corrected chi connectivity index (χ1v) is 8.03. The topological polar surface area (TPSA) is 32.7 Å². The van der Waals surface area contributed by atoms with Crippen molar-refractivity contribution in [1.29, 1.82) is 0 Å². The molecule has 3 atom stereocenters. The third-order valence-electron chi connectivity index (χ3n) is 4.92. The normalized spacial score (nSPS) is 31.3. The molecule has 2 bridgehead atoms. The number of fused-ring (bicyclic) bond motifs is 2. The SMILES string of the molecule is C[C@@]1(O)C[C@H]2CC[C@@H](C1)N2CCOc1ccccc1C(F)(F)F. The van der Waals surface area contributed by atoms with Crippen LogP contribution in [0.5, 0.6) is 5.75 Å². The minimum atomic E-state index is -4.40. The first-order valence-electron chi connectivity index (χ1n) is 8.03. The van der Waals surface area contributed by atoms with Crippen LogP contribution >= 0.6 is 0 Å². The predicted octanol–water partition coefficient (Wildman–Crippen LogP) is 3.46. The maximum absolute atomic E-state index is 12.9. The number of halogens is 3. The molecular weight excluding hydrogens is 307 g/mol. The number of nitrogens with zero attached hydrogens (tertiary/aromatic N) is 1. The fourth-order valence-electron chi connectivity index (χ4n) is 4.00. The number of alkyl halides is 3. The van der Waals surface area contributed by atoms with Gasteiger partial charge >= 0.3 is 6.18 Å². The lowest BCUT2D eigenvalue weighted by Gasteiger charge is -2.42. The van der Waals surface area contributed by atoms with E-state index in [1.54, 1.807) is 6.07 Å². The van der Waals surface area contributed by atoms with Crippen molar-refractivity contribution in [3.63, 3.8) is 0 Å². The van der Waals surface area contributed by atoms with Crippen LogP contribution in [0, 0.1) is 0 Å². The van der Waals surface area contributed by atoms with Crippen molar-refractivity contribution in [2.24, 2.45) is 0 Å². The summed E-state index contributed by atoms with van der Waals surface area (Å²) >= 11 is 0. The molecule has 2 fully saturated rings. The Bertz CT molecular complexity index is 543. The highest BCUT2D eigenvalue weighted by Crippen LogP contribution is 2.40. The summed E-state index contributed by atoms with van der Waals surface area (Å²) in [4.78, 5) is 2.29. The van der Waals surface area contributed by atoms with Gasteiger partial charge in [0, 0.05) is 18.6 Å². The fraction of sp³-hybridized carbons (Fsp3) is 0.647. The molecule has 6 heteroatoms. The van der Waals surface area contributed by atoms with Gasteiger partial charge in [0.25, 0.3) is 0 Å². The summed E-state index contributed by atoms with van der Waals surface area (Å²) in [6, 6.07) is 5.93. The second-order valence-electron chi connectivity index (χ2n) is 6.87. The Morgan fingerprint density at radius 1 is 1.22 bits per heavy atom. The smallest absolute Gasteiger partial charge is 0.419 e. The van der Waals surface area contributed by atoms with Crippen molar-refractivity contribution in [1.82, 2.24) is 4.90 Å². The van der Waals surface area contributed by atoms with Gasteiger partial charge in [-0.05, 0) is 44.7 Å². The minimum Gasteiger partial charge on any atom is -0.492 e. The summed E-state index contributed by atoms with van der Waals surface area (Å²) in [6.45, 7) is 2.69. The zero-order valence-electron chi connectivity index (χ0n) is 13.1. The van der Waals surface area contributed by atoms with Crippen LogP contribution < -0.4 is 4.74 Å². The van der Waals surface area contributed by atoms with Gasteiger partial charge in [-0.1, -0.05) is 12.1 Å². The van der Waals surface area contributed by atoms with E-state index < -0.39 is 17.3 Å². The summed E-state index contributed by atoms with van der Waals surface area (Å²) in [5.41, 5.74) is -1.35. The molecule has 0 amide bonds. The van der Waals surface area contributed by atoms with E-state index in [0.29, 0.717) is 18.6 Å². The third-order valence-corrected chi connectivity index (χ3v) is 4.92. The number of rotatable bonds is 4. The van der Waals surface area contributed by atoms with Crippen molar-refractivity contribution >= 4 is 0 Å². The summed E-state index contributed by atoms with van der Waals surface area (Å²) < 4.78 is 44.2. The maximum Gasteiger partial charge on any atom is 0.419 e. The molecule has 128 valence electrons. The van der Waals surface area contributed by atoms with Gasteiger partial charge in [-0.2, -0.15) is 13.2 Å². The molecule has 0 aromatic heterocycles. The van der Waals surface area contributed by atoms with Gasteiger partial charge in [-0.15, -0.1) is 0 Å². The Labute approximate surface area is 134 Å². The van der Waals surface area contributed by atoms with Crippen LogP contribution in [0.1, 0.15) is 38.2 Å². The van der Waals surface area contributed by atoms with E-state index in [1.165, 1.54) is 12.1 Å². The van der Waals surface area contributed by atoms with Gasteiger partial charge < -0.3 is 9.84 Å². The standard InChI is InChI=1S/C17H22F3NO2/c1-16(22)10-12-6-7-13(11-16)21(12)8-9-23-15-5-3-2-4-14(15)17(18,19)20/h2-5,12-13,22H,6-11H2,1H3/t12-,13+,16-. The average molecular weight is 329 g/mol. The Balaban J connectivity index is 1.59. The Morgan fingerprint density at radius 3 is 2.43 bits per heavy atom. The lowest BCUT2D eigenvalue weighted by atomic mass is 9.88. The van der Waals surface area contributed by atoms with Crippen molar-refractivity contribution in [2.75, 3.05) is 13.2 Å². The summed E-state index contributed by atoms with van der Waals surface area (Å²) in [5, 5.41) is 10.2. The van der Waals surface area contributed by atoms with Crippen LogP contribution in [-0.2, 0) is 6.18 Å². The molecule has 2 aliphatic rings. The van der Waals surface area contributed by atoms with E-state index >= 15 is 0 Å². The largest absolute Gasteiger partial charge is 0.492 e. The molecule has 1 aromatic rings. The second-order valence-corrected chi connectivity index (χ2v) is 6.87. The van der Waals surface area contributed by atoms with E-state index in [4.69, 9.17) is 4.74 Å². The Morgan fingerprint density at radius 2 is 1.83 bits per heavy atom. The molecule has 2 heterocycles. The first kappa shape index (κ1) is 16.6. The fourth-order valence-corrected chi connectivity index (χ4v) is 4.00. The number of hydrogen-bond acceptors (Lipinski definition) is 3. The van der Waals surface area contributed by atoms with Gasteiger partial charge in [0.05, 0.1) is 11.2 Å². The number of piperidine rings is 1. The zero-order chi connectivity index (χ0) is 16.7. The molecule has 23 heavy (non-hydrogen) atoms. The quantitative estimate of drug-likeness (QED) is 0.918. The van der Waals surface area contributed by atoms with E-state index in [9.17, 15) is 18.3 Å². The number of hydrogen-bond donors (Lipinski definition) is 1. The Kier molecular flexibility index (Phi) is 4.31. The molecule has 3 rings (SSSR count). The van der Waals surface area contributed by atoms with Gasteiger partial charge in [-0.25, -0.2) is 0 Å². The molecule has 0 radical (unpaired) electrons. The molecule has 3 nitrogen and oxygen atoms in total. The molecule has 0 saturated carbocycles. The first-order chi connectivity index (χ1) is 10.8. The lowest BCUT2D eigenvalue weighted by Crippen LogP contribution is -2.50. The second kappa shape index (κ2) is 5.98. The molecule has 1 N–H and O–H groups in total. The summed E-state index contributed by atoms with van der Waals surface area (Å²) in [6.07, 6.45) is -0.870. The summed E-state index contributed by atoms with van der Waals surface area (Å²) in [5.74, 6) is -0.114. The molecule has 1 aromatic carbocycles. The molecule has 0 spiro atoms. The van der Waals surface area contributed by atoms with Crippen molar-refractivity contribution in [3.8, 4) is 5.75 Å². The lowest BCUT2D eigenvalue weighted by molar-refractivity contribution is -0.139. The molecule has 2 aliphatic heterocycles. The molecule has 0 unspecified atom stereocenters.